The van der Waals surface area contributed by atoms with E-state index in [1.54, 1.807) is 36.4 Å². The molecule has 1 saturated heterocycles. The Morgan fingerprint density at radius 1 is 1.14 bits per heavy atom. The largest absolute Gasteiger partial charge is 0.352 e. The molecule has 2 aliphatic rings. The van der Waals surface area contributed by atoms with Crippen molar-refractivity contribution >= 4 is 35.7 Å². The number of hydrogen-bond donors (Lipinski definition) is 3. The van der Waals surface area contributed by atoms with Crippen LogP contribution in [0.4, 0.5) is 5.69 Å². The van der Waals surface area contributed by atoms with Crippen molar-refractivity contribution in [3.05, 3.63) is 64.7 Å². The summed E-state index contributed by atoms with van der Waals surface area (Å²) in [7, 11) is 0. The third-order valence-corrected chi connectivity index (χ3v) is 5.94. The average Bonchev–Trinajstić information content (AvgIpc) is 3.19. The topological polar surface area (TPSA) is 125 Å². The van der Waals surface area contributed by atoms with Crippen LogP contribution in [0.2, 0.25) is 0 Å². The van der Waals surface area contributed by atoms with E-state index in [0.29, 0.717) is 49.0 Å². The fourth-order valence-corrected chi connectivity index (χ4v) is 4.13. The highest BCUT2D eigenvalue weighted by Crippen LogP contribution is 2.29. The van der Waals surface area contributed by atoms with Gasteiger partial charge in [-0.25, -0.2) is 0 Å². The lowest BCUT2D eigenvalue weighted by molar-refractivity contribution is -0.136. The highest BCUT2D eigenvalue weighted by Gasteiger charge is 2.39. The third kappa shape index (κ3) is 5.38. The molecule has 0 aromatic heterocycles. The molecule has 2 aromatic carbocycles. The monoisotopic (exact) mass is 472 g/mol. The Labute approximate surface area is 202 Å². The Morgan fingerprint density at radius 2 is 1.94 bits per heavy atom. The second-order valence-electron chi connectivity index (χ2n) is 8.23. The number of imide groups is 1. The van der Waals surface area contributed by atoms with E-state index in [-0.39, 0.29) is 30.7 Å². The van der Waals surface area contributed by atoms with E-state index in [1.165, 1.54) is 4.90 Å². The van der Waals surface area contributed by atoms with E-state index < -0.39 is 11.9 Å². The van der Waals surface area contributed by atoms with Gasteiger partial charge in [-0.3, -0.25) is 29.3 Å². The van der Waals surface area contributed by atoms with Gasteiger partial charge in [0.1, 0.15) is 6.04 Å². The maximum Gasteiger partial charge on any atom is 0.255 e. The molecule has 0 bridgehead atoms. The summed E-state index contributed by atoms with van der Waals surface area (Å²) in [6, 6.07) is 11.3. The zero-order chi connectivity index (χ0) is 24.8. The first kappa shape index (κ1) is 23.7. The second kappa shape index (κ2) is 10.7. The van der Waals surface area contributed by atoms with Gasteiger partial charge in [-0.15, -0.1) is 0 Å². The molecule has 1 unspecified atom stereocenters. The standard InChI is InChI=1S/C26H24N4O5/c31-16-28-19-10-8-18(9-11-19)24(33)27-14-3-1-2-5-17-6-4-7-20-21(17)15-30(26(20)35)22-12-13-23(32)29-25(22)34/h4,6-11,16,22H,1,3,12-15H2,(H,27,33)(H,28,31)(H,29,32,34). The molecule has 4 rings (SSSR count). The van der Waals surface area contributed by atoms with Crippen molar-refractivity contribution in [2.75, 3.05) is 11.9 Å². The molecule has 1 atom stereocenters. The number of anilines is 1. The summed E-state index contributed by atoms with van der Waals surface area (Å²) in [5, 5.41) is 7.65. The molecule has 2 aromatic rings. The van der Waals surface area contributed by atoms with Gasteiger partial charge in [0, 0.05) is 48.3 Å². The Kier molecular flexibility index (Phi) is 7.21. The van der Waals surface area contributed by atoms with Gasteiger partial charge in [0.2, 0.25) is 18.2 Å². The van der Waals surface area contributed by atoms with Gasteiger partial charge < -0.3 is 15.5 Å². The predicted molar refractivity (Wildman–Crippen MR) is 127 cm³/mol. The number of amides is 5. The Bertz CT molecular complexity index is 1240. The summed E-state index contributed by atoms with van der Waals surface area (Å²) in [6.07, 6.45) is 2.31. The average molecular weight is 473 g/mol. The highest BCUT2D eigenvalue weighted by atomic mass is 16.2. The van der Waals surface area contributed by atoms with Crippen molar-refractivity contribution in [2.45, 2.75) is 38.3 Å². The minimum Gasteiger partial charge on any atom is -0.352 e. The number of unbranched alkanes of at least 4 members (excludes halogenated alkanes) is 1. The van der Waals surface area contributed by atoms with Crippen molar-refractivity contribution in [1.82, 2.24) is 15.5 Å². The lowest BCUT2D eigenvalue weighted by Gasteiger charge is -2.29. The molecule has 1 fully saturated rings. The molecule has 0 saturated carbocycles. The van der Waals surface area contributed by atoms with Crippen molar-refractivity contribution in [3.63, 3.8) is 0 Å². The number of benzene rings is 2. The molecule has 0 aliphatic carbocycles. The van der Waals surface area contributed by atoms with Crippen molar-refractivity contribution < 1.29 is 24.0 Å². The van der Waals surface area contributed by atoms with Crippen LogP contribution in [0.5, 0.6) is 0 Å². The van der Waals surface area contributed by atoms with Crippen LogP contribution in [0.25, 0.3) is 0 Å². The normalized spacial score (nSPS) is 16.6. The number of carbonyl (C=O) groups is 5. The highest BCUT2D eigenvalue weighted by molar-refractivity contribution is 6.05. The van der Waals surface area contributed by atoms with E-state index in [0.717, 1.165) is 11.1 Å². The smallest absolute Gasteiger partial charge is 0.255 e. The number of fused-ring (bicyclic) bond motifs is 1. The molecule has 0 radical (unpaired) electrons. The first-order valence-corrected chi connectivity index (χ1v) is 11.3. The quantitative estimate of drug-likeness (QED) is 0.244. The van der Waals surface area contributed by atoms with Crippen molar-refractivity contribution in [1.29, 1.82) is 0 Å². The van der Waals surface area contributed by atoms with Gasteiger partial charge in [-0.1, -0.05) is 17.9 Å². The minimum absolute atomic E-state index is 0.205. The summed E-state index contributed by atoms with van der Waals surface area (Å²) in [6.45, 7) is 0.735. The second-order valence-corrected chi connectivity index (χ2v) is 8.23. The number of nitrogens with one attached hydrogen (secondary N) is 3. The first-order chi connectivity index (χ1) is 17.0. The summed E-state index contributed by atoms with van der Waals surface area (Å²) >= 11 is 0. The van der Waals surface area contributed by atoms with Gasteiger partial charge in [0.15, 0.2) is 0 Å². The zero-order valence-corrected chi connectivity index (χ0v) is 18.9. The van der Waals surface area contributed by atoms with Gasteiger partial charge >= 0.3 is 0 Å². The molecule has 2 aliphatic heterocycles. The van der Waals surface area contributed by atoms with E-state index in [9.17, 15) is 24.0 Å². The van der Waals surface area contributed by atoms with E-state index in [4.69, 9.17) is 0 Å². The Balaban J connectivity index is 1.30. The van der Waals surface area contributed by atoms with Crippen LogP contribution >= 0.6 is 0 Å². The summed E-state index contributed by atoms with van der Waals surface area (Å²) in [4.78, 5) is 60.7. The lowest BCUT2D eigenvalue weighted by atomic mass is 10.0. The fraction of sp³-hybridized carbons (Fsp3) is 0.269. The molecular formula is C26H24N4O5. The van der Waals surface area contributed by atoms with Gasteiger partial charge in [0.05, 0.1) is 0 Å². The molecule has 9 heteroatoms. The number of carbonyl (C=O) groups excluding carboxylic acids is 5. The number of nitrogens with zero attached hydrogens (tertiary/aromatic N) is 1. The predicted octanol–water partition coefficient (Wildman–Crippen LogP) is 1.58. The lowest BCUT2D eigenvalue weighted by Crippen LogP contribution is -2.52. The van der Waals surface area contributed by atoms with Crippen LogP contribution in [-0.4, -0.2) is 47.5 Å². The molecule has 35 heavy (non-hydrogen) atoms. The Morgan fingerprint density at radius 3 is 2.69 bits per heavy atom. The summed E-state index contributed by atoms with van der Waals surface area (Å²) < 4.78 is 0. The van der Waals surface area contributed by atoms with Crippen LogP contribution in [0, 0.1) is 11.8 Å². The molecule has 5 amide bonds. The first-order valence-electron chi connectivity index (χ1n) is 11.3. The minimum atomic E-state index is -0.658. The SMILES string of the molecule is O=CNc1ccc(C(=O)NCCCC#Cc2cccc3c2CN(C2CCC(=O)NC2=O)C3=O)cc1. The van der Waals surface area contributed by atoms with Gasteiger partial charge in [-0.05, 0) is 54.8 Å². The van der Waals surface area contributed by atoms with Crippen molar-refractivity contribution in [2.24, 2.45) is 0 Å². The number of hydrogen-bond acceptors (Lipinski definition) is 5. The molecule has 0 spiro atoms. The zero-order valence-electron chi connectivity index (χ0n) is 18.9. The van der Waals surface area contributed by atoms with Crippen LogP contribution in [0.15, 0.2) is 42.5 Å². The van der Waals surface area contributed by atoms with Gasteiger partial charge in [-0.2, -0.15) is 0 Å². The van der Waals surface area contributed by atoms with Crippen LogP contribution in [-0.2, 0) is 20.9 Å². The van der Waals surface area contributed by atoms with Crippen molar-refractivity contribution in [3.8, 4) is 11.8 Å². The van der Waals surface area contributed by atoms with E-state index in [1.807, 2.05) is 6.07 Å². The van der Waals surface area contributed by atoms with E-state index >= 15 is 0 Å². The Hall–Kier alpha value is -4.45. The maximum atomic E-state index is 12.9. The van der Waals surface area contributed by atoms with E-state index in [2.05, 4.69) is 27.8 Å². The summed E-state index contributed by atoms with van der Waals surface area (Å²) in [5.74, 6) is 5.02. The molecule has 9 nitrogen and oxygen atoms in total. The van der Waals surface area contributed by atoms with Crippen LogP contribution in [0.3, 0.4) is 0 Å². The number of rotatable bonds is 7. The molecular weight excluding hydrogens is 448 g/mol. The molecule has 2 heterocycles. The molecule has 178 valence electrons. The number of piperidine rings is 1. The molecule has 3 N–H and O–H groups in total. The fourth-order valence-electron chi connectivity index (χ4n) is 4.13. The van der Waals surface area contributed by atoms with Crippen LogP contribution < -0.4 is 16.0 Å². The van der Waals surface area contributed by atoms with Gasteiger partial charge in [0.25, 0.3) is 11.8 Å². The maximum absolute atomic E-state index is 12.9. The third-order valence-electron chi connectivity index (χ3n) is 5.94. The van der Waals surface area contributed by atoms with Crippen LogP contribution in [0.1, 0.15) is 57.5 Å². The summed E-state index contributed by atoms with van der Waals surface area (Å²) in [5.41, 5.74) is 3.16.